The molecular formula is C21H20N4O2S. The van der Waals surface area contributed by atoms with E-state index in [-0.39, 0.29) is 11.8 Å². The fourth-order valence-corrected chi connectivity index (χ4v) is 4.50. The molecule has 7 heteroatoms. The van der Waals surface area contributed by atoms with Crippen LogP contribution in [0.3, 0.4) is 0 Å². The van der Waals surface area contributed by atoms with Gasteiger partial charge in [0.2, 0.25) is 11.8 Å². The van der Waals surface area contributed by atoms with E-state index in [0.717, 1.165) is 40.7 Å². The molecule has 1 atom stereocenters. The Bertz CT molecular complexity index is 1100. The van der Waals surface area contributed by atoms with Gasteiger partial charge in [-0.25, -0.2) is 0 Å². The van der Waals surface area contributed by atoms with Crippen LogP contribution in [-0.2, 0) is 11.2 Å². The number of nitrogens with zero attached hydrogens (tertiary/aromatic N) is 3. The van der Waals surface area contributed by atoms with Gasteiger partial charge in [-0.05, 0) is 35.9 Å². The summed E-state index contributed by atoms with van der Waals surface area (Å²) < 4.78 is 5.90. The van der Waals surface area contributed by atoms with Crippen molar-refractivity contribution >= 4 is 28.1 Å². The molecule has 1 aliphatic rings. The van der Waals surface area contributed by atoms with Gasteiger partial charge in [-0.2, -0.15) is 0 Å². The van der Waals surface area contributed by atoms with E-state index in [2.05, 4.69) is 21.2 Å². The second kappa shape index (κ2) is 7.24. The van der Waals surface area contributed by atoms with E-state index < -0.39 is 0 Å². The molecule has 0 radical (unpaired) electrons. The van der Waals surface area contributed by atoms with Crippen LogP contribution in [0.5, 0.6) is 0 Å². The molecule has 0 spiro atoms. The first-order valence-corrected chi connectivity index (χ1v) is 10.4. The predicted molar refractivity (Wildman–Crippen MR) is 108 cm³/mol. The Labute approximate surface area is 166 Å². The van der Waals surface area contributed by atoms with Gasteiger partial charge in [0, 0.05) is 30.2 Å². The van der Waals surface area contributed by atoms with E-state index in [1.807, 2.05) is 46.8 Å². The Hall–Kier alpha value is -2.93. The van der Waals surface area contributed by atoms with Crippen LogP contribution in [0.1, 0.15) is 30.2 Å². The van der Waals surface area contributed by atoms with E-state index in [9.17, 15) is 4.79 Å². The molecule has 0 bridgehead atoms. The Kier molecular flexibility index (Phi) is 4.44. The molecule has 1 aromatic carbocycles. The standard InChI is InChI=1S/C21H20N4O2S/c26-19(11-15-12-22-17-7-2-1-6-16(15)17)25-9-3-5-14(13-25)20-23-24-21(27-20)18-8-4-10-28-18/h1-2,4,6-8,10,12,14,22H,3,5,9,11,13H2. The summed E-state index contributed by atoms with van der Waals surface area (Å²) in [6, 6.07) is 12.0. The summed E-state index contributed by atoms with van der Waals surface area (Å²) in [6.07, 6.45) is 4.25. The number of likely N-dealkylation sites (tertiary alicyclic amines) is 1. The number of hydrogen-bond acceptors (Lipinski definition) is 5. The SMILES string of the molecule is O=C(Cc1c[nH]c2ccccc12)N1CCCC(c2nnc(-c3cccs3)o2)C1. The minimum absolute atomic E-state index is 0.0990. The molecule has 3 aromatic heterocycles. The van der Waals surface area contributed by atoms with Crippen LogP contribution in [0.2, 0.25) is 0 Å². The third-order valence-corrected chi connectivity index (χ3v) is 6.17. The summed E-state index contributed by atoms with van der Waals surface area (Å²) in [6.45, 7) is 1.41. The number of piperidine rings is 1. The Balaban J connectivity index is 1.29. The van der Waals surface area contributed by atoms with Crippen LogP contribution in [0.25, 0.3) is 21.7 Å². The average molecular weight is 392 g/mol. The molecule has 142 valence electrons. The Morgan fingerprint density at radius 1 is 1.25 bits per heavy atom. The van der Waals surface area contributed by atoms with Crippen LogP contribution < -0.4 is 0 Å². The first-order valence-electron chi connectivity index (χ1n) is 9.48. The van der Waals surface area contributed by atoms with Gasteiger partial charge in [-0.3, -0.25) is 4.79 Å². The summed E-state index contributed by atoms with van der Waals surface area (Å²) in [5.41, 5.74) is 2.11. The summed E-state index contributed by atoms with van der Waals surface area (Å²) in [5.74, 6) is 1.44. The van der Waals surface area contributed by atoms with Crippen LogP contribution in [0.4, 0.5) is 0 Å². The number of benzene rings is 1. The highest BCUT2D eigenvalue weighted by atomic mass is 32.1. The zero-order valence-corrected chi connectivity index (χ0v) is 16.1. The minimum Gasteiger partial charge on any atom is -0.420 e. The maximum absolute atomic E-state index is 12.9. The number of carbonyl (C=O) groups excluding carboxylic acids is 1. The molecule has 1 unspecified atom stereocenters. The van der Waals surface area contributed by atoms with Gasteiger partial charge in [0.25, 0.3) is 5.89 Å². The van der Waals surface area contributed by atoms with E-state index in [1.165, 1.54) is 0 Å². The fourth-order valence-electron chi connectivity index (χ4n) is 3.86. The molecule has 1 fully saturated rings. The lowest BCUT2D eigenvalue weighted by molar-refractivity contribution is -0.131. The lowest BCUT2D eigenvalue weighted by atomic mass is 9.97. The van der Waals surface area contributed by atoms with Gasteiger partial charge in [-0.1, -0.05) is 24.3 Å². The topological polar surface area (TPSA) is 75.0 Å². The molecule has 1 saturated heterocycles. The van der Waals surface area contributed by atoms with Gasteiger partial charge in [0.1, 0.15) is 0 Å². The number of para-hydroxylation sites is 1. The van der Waals surface area contributed by atoms with Gasteiger partial charge < -0.3 is 14.3 Å². The fraction of sp³-hybridized carbons (Fsp3) is 0.286. The quantitative estimate of drug-likeness (QED) is 0.564. The number of H-pyrrole nitrogens is 1. The van der Waals surface area contributed by atoms with Crippen molar-refractivity contribution in [1.29, 1.82) is 0 Å². The highest BCUT2D eigenvalue weighted by Gasteiger charge is 2.29. The molecule has 6 nitrogen and oxygen atoms in total. The molecule has 1 N–H and O–H groups in total. The van der Waals surface area contributed by atoms with Crippen molar-refractivity contribution in [3.05, 3.63) is 59.4 Å². The average Bonchev–Trinajstić information content (AvgIpc) is 3.49. The summed E-state index contributed by atoms with van der Waals surface area (Å²) in [4.78, 5) is 19.1. The Morgan fingerprint density at radius 3 is 3.07 bits per heavy atom. The van der Waals surface area contributed by atoms with Crippen molar-refractivity contribution in [3.8, 4) is 10.8 Å². The van der Waals surface area contributed by atoms with Crippen molar-refractivity contribution in [1.82, 2.24) is 20.1 Å². The lowest BCUT2D eigenvalue weighted by Crippen LogP contribution is -2.40. The third-order valence-electron chi connectivity index (χ3n) is 5.31. The van der Waals surface area contributed by atoms with E-state index in [1.54, 1.807) is 11.3 Å². The smallest absolute Gasteiger partial charge is 0.257 e. The third kappa shape index (κ3) is 3.22. The molecular weight excluding hydrogens is 372 g/mol. The maximum Gasteiger partial charge on any atom is 0.257 e. The summed E-state index contributed by atoms with van der Waals surface area (Å²) in [5, 5.41) is 11.5. The molecule has 1 aliphatic heterocycles. The van der Waals surface area contributed by atoms with Crippen LogP contribution in [0, 0.1) is 0 Å². The summed E-state index contributed by atoms with van der Waals surface area (Å²) in [7, 11) is 0. The van der Waals surface area contributed by atoms with Gasteiger partial charge in [-0.15, -0.1) is 21.5 Å². The molecule has 5 rings (SSSR count). The normalized spacial score (nSPS) is 17.3. The predicted octanol–water partition coefficient (Wildman–Crippen LogP) is 4.23. The first kappa shape index (κ1) is 17.2. The lowest BCUT2D eigenvalue weighted by Gasteiger charge is -2.31. The molecule has 1 amide bonds. The van der Waals surface area contributed by atoms with Crippen molar-refractivity contribution in [2.45, 2.75) is 25.2 Å². The number of fused-ring (bicyclic) bond motifs is 1. The van der Waals surface area contributed by atoms with E-state index in [0.29, 0.717) is 24.7 Å². The highest BCUT2D eigenvalue weighted by Crippen LogP contribution is 2.30. The van der Waals surface area contributed by atoms with Crippen LogP contribution >= 0.6 is 11.3 Å². The number of aromatic nitrogens is 3. The second-order valence-electron chi connectivity index (χ2n) is 7.14. The number of nitrogens with one attached hydrogen (secondary N) is 1. The van der Waals surface area contributed by atoms with Crippen LogP contribution in [-0.4, -0.2) is 39.1 Å². The largest absolute Gasteiger partial charge is 0.420 e. The number of hydrogen-bond donors (Lipinski definition) is 1. The molecule has 4 aromatic rings. The van der Waals surface area contributed by atoms with Crippen molar-refractivity contribution < 1.29 is 9.21 Å². The van der Waals surface area contributed by atoms with Gasteiger partial charge in [0.05, 0.1) is 17.2 Å². The molecule has 4 heterocycles. The highest BCUT2D eigenvalue weighted by molar-refractivity contribution is 7.13. The van der Waals surface area contributed by atoms with Crippen molar-refractivity contribution in [2.24, 2.45) is 0 Å². The second-order valence-corrected chi connectivity index (χ2v) is 8.09. The van der Waals surface area contributed by atoms with E-state index in [4.69, 9.17) is 4.42 Å². The first-order chi connectivity index (χ1) is 13.8. The number of rotatable bonds is 4. The Morgan fingerprint density at radius 2 is 2.18 bits per heavy atom. The summed E-state index contributed by atoms with van der Waals surface area (Å²) >= 11 is 1.58. The number of thiophene rings is 1. The molecule has 0 saturated carbocycles. The molecule has 28 heavy (non-hydrogen) atoms. The zero-order chi connectivity index (χ0) is 18.9. The van der Waals surface area contributed by atoms with Crippen molar-refractivity contribution in [3.63, 3.8) is 0 Å². The van der Waals surface area contributed by atoms with Crippen LogP contribution in [0.15, 0.2) is 52.4 Å². The number of amides is 1. The maximum atomic E-state index is 12.9. The van der Waals surface area contributed by atoms with Gasteiger partial charge in [0.15, 0.2) is 0 Å². The number of carbonyl (C=O) groups is 1. The molecule has 0 aliphatic carbocycles. The minimum atomic E-state index is 0.0990. The zero-order valence-electron chi connectivity index (χ0n) is 15.3. The monoisotopic (exact) mass is 392 g/mol. The van der Waals surface area contributed by atoms with Gasteiger partial charge >= 0.3 is 0 Å². The van der Waals surface area contributed by atoms with Crippen molar-refractivity contribution in [2.75, 3.05) is 13.1 Å². The van der Waals surface area contributed by atoms with E-state index >= 15 is 0 Å². The number of aromatic amines is 1.